The summed E-state index contributed by atoms with van der Waals surface area (Å²) < 4.78 is 2.00. The predicted molar refractivity (Wildman–Crippen MR) is 55.9 cm³/mol. The van der Waals surface area contributed by atoms with Crippen LogP contribution in [0.5, 0.6) is 0 Å². The van der Waals surface area contributed by atoms with Crippen LogP contribution in [0.3, 0.4) is 0 Å². The second-order valence-electron chi connectivity index (χ2n) is 4.77. The maximum Gasteiger partial charge on any atom is 0.352 e. The average molecular weight is 205 g/mol. The lowest BCUT2D eigenvalue weighted by Gasteiger charge is -2.19. The number of carbonyl (C=O) groups is 1. The molecule has 0 aromatic carbocycles. The van der Waals surface area contributed by atoms with Crippen molar-refractivity contribution in [2.45, 2.75) is 31.7 Å². The van der Waals surface area contributed by atoms with Crippen molar-refractivity contribution in [1.82, 2.24) is 4.57 Å². The molecule has 0 atom stereocenters. The summed E-state index contributed by atoms with van der Waals surface area (Å²) in [5.74, 6) is 0.678. The molecule has 2 saturated carbocycles. The predicted octanol–water partition coefficient (Wildman–Crippen LogP) is 2.55. The minimum absolute atomic E-state index is 0.457. The SMILES string of the molecule is O=C(O)c1cccn1C(C1CC1)C1CC1. The van der Waals surface area contributed by atoms with Crippen LogP contribution < -0.4 is 0 Å². The van der Waals surface area contributed by atoms with Gasteiger partial charge in [-0.3, -0.25) is 0 Å². The maximum absolute atomic E-state index is 11.1. The first-order valence-electron chi connectivity index (χ1n) is 5.67. The van der Waals surface area contributed by atoms with Gasteiger partial charge in [-0.15, -0.1) is 0 Å². The normalized spacial score (nSPS) is 20.9. The lowest BCUT2D eigenvalue weighted by atomic mass is 10.1. The van der Waals surface area contributed by atoms with E-state index in [2.05, 4.69) is 0 Å². The first kappa shape index (κ1) is 9.01. The molecular formula is C12H15NO2. The van der Waals surface area contributed by atoms with Crippen molar-refractivity contribution >= 4 is 5.97 Å². The van der Waals surface area contributed by atoms with Crippen molar-refractivity contribution in [1.29, 1.82) is 0 Å². The van der Waals surface area contributed by atoms with Gasteiger partial charge in [0.1, 0.15) is 5.69 Å². The van der Waals surface area contributed by atoms with Gasteiger partial charge in [-0.2, -0.15) is 0 Å². The molecule has 0 bridgehead atoms. The topological polar surface area (TPSA) is 42.2 Å². The Bertz CT molecular complexity index is 376. The minimum Gasteiger partial charge on any atom is -0.477 e. The monoisotopic (exact) mass is 205 g/mol. The molecule has 0 spiro atoms. The Morgan fingerprint density at radius 3 is 2.40 bits per heavy atom. The van der Waals surface area contributed by atoms with Crippen LogP contribution in [-0.2, 0) is 0 Å². The van der Waals surface area contributed by atoms with Gasteiger partial charge in [-0.25, -0.2) is 4.79 Å². The third kappa shape index (κ3) is 1.56. The van der Waals surface area contributed by atoms with Gasteiger partial charge in [0.25, 0.3) is 0 Å². The Hall–Kier alpha value is -1.25. The molecule has 2 fully saturated rings. The Kier molecular flexibility index (Phi) is 1.87. The third-order valence-corrected chi connectivity index (χ3v) is 3.53. The van der Waals surface area contributed by atoms with Crippen LogP contribution in [0.4, 0.5) is 0 Å². The van der Waals surface area contributed by atoms with Crippen LogP contribution in [0.25, 0.3) is 0 Å². The largest absolute Gasteiger partial charge is 0.477 e. The number of carboxylic acids is 1. The summed E-state index contributed by atoms with van der Waals surface area (Å²) in [5, 5.41) is 9.09. The summed E-state index contributed by atoms with van der Waals surface area (Å²) in [7, 11) is 0. The van der Waals surface area contributed by atoms with Crippen molar-refractivity contribution in [3.05, 3.63) is 24.0 Å². The Balaban J connectivity index is 1.94. The fourth-order valence-electron chi connectivity index (χ4n) is 2.55. The van der Waals surface area contributed by atoms with Crippen LogP contribution >= 0.6 is 0 Å². The van der Waals surface area contributed by atoms with Crippen LogP contribution in [0.2, 0.25) is 0 Å². The van der Waals surface area contributed by atoms with Crippen LogP contribution in [0, 0.1) is 11.8 Å². The molecule has 15 heavy (non-hydrogen) atoms. The summed E-state index contributed by atoms with van der Waals surface area (Å²) in [6.45, 7) is 0. The van der Waals surface area contributed by atoms with Crippen molar-refractivity contribution in [2.24, 2.45) is 11.8 Å². The number of carboxylic acid groups (broad SMARTS) is 1. The molecule has 3 heteroatoms. The molecule has 2 aliphatic carbocycles. The van der Waals surface area contributed by atoms with Crippen LogP contribution in [0.1, 0.15) is 42.2 Å². The summed E-state index contributed by atoms with van der Waals surface area (Å²) in [5.41, 5.74) is 0.457. The number of rotatable bonds is 4. The first-order chi connectivity index (χ1) is 7.27. The van der Waals surface area contributed by atoms with Crippen molar-refractivity contribution < 1.29 is 9.90 Å². The van der Waals surface area contributed by atoms with E-state index < -0.39 is 5.97 Å². The van der Waals surface area contributed by atoms with E-state index in [1.807, 2.05) is 16.8 Å². The van der Waals surface area contributed by atoms with Gasteiger partial charge in [-0.05, 0) is 49.7 Å². The molecule has 1 aromatic rings. The molecular weight excluding hydrogens is 190 g/mol. The summed E-state index contributed by atoms with van der Waals surface area (Å²) in [6, 6.07) is 4.02. The van der Waals surface area contributed by atoms with Gasteiger partial charge in [0.2, 0.25) is 0 Å². The molecule has 0 amide bonds. The summed E-state index contributed by atoms with van der Waals surface area (Å²) in [4.78, 5) is 11.1. The molecule has 0 saturated heterocycles. The number of hydrogen-bond donors (Lipinski definition) is 1. The highest BCUT2D eigenvalue weighted by molar-refractivity contribution is 5.85. The van der Waals surface area contributed by atoms with Crippen LogP contribution in [-0.4, -0.2) is 15.6 Å². The highest BCUT2D eigenvalue weighted by atomic mass is 16.4. The molecule has 3 rings (SSSR count). The van der Waals surface area contributed by atoms with Crippen LogP contribution in [0.15, 0.2) is 18.3 Å². The lowest BCUT2D eigenvalue weighted by molar-refractivity contribution is 0.0681. The van der Waals surface area contributed by atoms with E-state index in [0.29, 0.717) is 11.7 Å². The van der Waals surface area contributed by atoms with E-state index in [1.54, 1.807) is 6.07 Å². The third-order valence-electron chi connectivity index (χ3n) is 3.53. The molecule has 0 aliphatic heterocycles. The van der Waals surface area contributed by atoms with Crippen molar-refractivity contribution in [3.8, 4) is 0 Å². The van der Waals surface area contributed by atoms with Crippen molar-refractivity contribution in [3.63, 3.8) is 0 Å². The molecule has 1 aromatic heterocycles. The first-order valence-corrected chi connectivity index (χ1v) is 5.67. The maximum atomic E-state index is 11.1. The number of hydrogen-bond acceptors (Lipinski definition) is 1. The quantitative estimate of drug-likeness (QED) is 0.820. The molecule has 1 heterocycles. The standard InChI is InChI=1S/C12H15NO2/c14-12(15)10-2-1-7-13(10)11(8-3-4-8)9-5-6-9/h1-2,7-9,11H,3-6H2,(H,14,15). The van der Waals surface area contributed by atoms with Gasteiger partial charge < -0.3 is 9.67 Å². The van der Waals surface area contributed by atoms with Gasteiger partial charge in [0, 0.05) is 12.2 Å². The molecule has 0 unspecified atom stereocenters. The van der Waals surface area contributed by atoms with Gasteiger partial charge in [-0.1, -0.05) is 0 Å². The number of aromatic nitrogens is 1. The zero-order valence-corrected chi connectivity index (χ0v) is 8.60. The summed E-state index contributed by atoms with van der Waals surface area (Å²) >= 11 is 0. The fourth-order valence-corrected chi connectivity index (χ4v) is 2.55. The molecule has 80 valence electrons. The highest BCUT2D eigenvalue weighted by Gasteiger charge is 2.43. The van der Waals surface area contributed by atoms with Crippen molar-refractivity contribution in [2.75, 3.05) is 0 Å². The lowest BCUT2D eigenvalue weighted by Crippen LogP contribution is -2.17. The molecule has 2 aliphatic rings. The van der Waals surface area contributed by atoms with Gasteiger partial charge >= 0.3 is 5.97 Å². The van der Waals surface area contributed by atoms with Gasteiger partial charge in [0.15, 0.2) is 0 Å². The molecule has 1 N–H and O–H groups in total. The van der Waals surface area contributed by atoms with E-state index in [9.17, 15) is 4.79 Å². The highest BCUT2D eigenvalue weighted by Crippen LogP contribution is 2.52. The fraction of sp³-hybridized carbons (Fsp3) is 0.583. The Labute approximate surface area is 88.7 Å². The second-order valence-corrected chi connectivity index (χ2v) is 4.77. The minimum atomic E-state index is -0.800. The molecule has 0 radical (unpaired) electrons. The average Bonchev–Trinajstić information content (AvgIpc) is 3.07. The second kappa shape index (κ2) is 3.12. The Morgan fingerprint density at radius 1 is 1.33 bits per heavy atom. The van der Waals surface area contributed by atoms with E-state index >= 15 is 0 Å². The van der Waals surface area contributed by atoms with E-state index in [-0.39, 0.29) is 0 Å². The van der Waals surface area contributed by atoms with E-state index in [1.165, 1.54) is 25.7 Å². The van der Waals surface area contributed by atoms with E-state index in [4.69, 9.17) is 5.11 Å². The zero-order chi connectivity index (χ0) is 10.4. The Morgan fingerprint density at radius 2 is 1.93 bits per heavy atom. The van der Waals surface area contributed by atoms with E-state index in [0.717, 1.165) is 11.8 Å². The smallest absolute Gasteiger partial charge is 0.352 e. The zero-order valence-electron chi connectivity index (χ0n) is 8.60. The van der Waals surface area contributed by atoms with Gasteiger partial charge in [0.05, 0.1) is 0 Å². The number of nitrogens with zero attached hydrogens (tertiary/aromatic N) is 1. The number of aromatic carboxylic acids is 1. The molecule has 3 nitrogen and oxygen atoms in total. The summed E-state index contributed by atoms with van der Waals surface area (Å²) in [6.07, 6.45) is 7.04.